The average Bonchev–Trinajstić information content (AvgIpc) is 3.27. The number of rotatable bonds is 5. The van der Waals surface area contributed by atoms with Crippen molar-refractivity contribution in [2.24, 2.45) is 17.8 Å². The summed E-state index contributed by atoms with van der Waals surface area (Å²) >= 11 is 14.3. The first kappa shape index (κ1) is 26.0. The van der Waals surface area contributed by atoms with Crippen molar-refractivity contribution in [3.63, 3.8) is 0 Å². The summed E-state index contributed by atoms with van der Waals surface area (Å²) in [6, 6.07) is 15.7. The maximum Gasteiger partial charge on any atom is 0.253 e. The van der Waals surface area contributed by atoms with Crippen LogP contribution in [-0.4, -0.2) is 63.6 Å². The normalized spacial score (nSPS) is 33.6. The third-order valence-electron chi connectivity index (χ3n) is 8.60. The number of fused-ring (bicyclic) bond motifs is 4. The summed E-state index contributed by atoms with van der Waals surface area (Å²) < 4.78 is 5.49. The minimum Gasteiger partial charge on any atom is -0.491 e. The number of allylic oxidation sites excluding steroid dienone is 2. The number of carbonyl (C=O) groups excluding carboxylic acids is 4. The smallest absolute Gasteiger partial charge is 0.253 e. The SMILES string of the molecule is CN1C(=O)[C@]2(Cl)C[C@@H]3C(=CC[C@@H]4C(=O)N(c5ccccc5)C(=O)[C@@H]43)[C@H](c3ccc(OCCO)cc3)[C@]2(Cl)C1=O. The summed E-state index contributed by atoms with van der Waals surface area (Å²) in [6.07, 6.45) is 2.16. The van der Waals surface area contributed by atoms with Crippen LogP contribution in [0.3, 0.4) is 0 Å². The van der Waals surface area contributed by atoms with Crippen LogP contribution in [0, 0.1) is 17.8 Å². The highest BCUT2D eigenvalue weighted by Gasteiger charge is 2.75. The van der Waals surface area contributed by atoms with Crippen LogP contribution in [0.2, 0.25) is 0 Å². The van der Waals surface area contributed by atoms with E-state index in [4.69, 9.17) is 33.0 Å². The third kappa shape index (κ3) is 3.47. The number of benzene rings is 2. The number of nitrogens with zero attached hydrogens (tertiary/aromatic N) is 2. The number of amides is 4. The molecule has 2 aliphatic carbocycles. The van der Waals surface area contributed by atoms with Crippen LogP contribution in [0.25, 0.3) is 0 Å². The molecule has 6 atom stereocenters. The van der Waals surface area contributed by atoms with E-state index in [-0.39, 0.29) is 31.4 Å². The summed E-state index contributed by atoms with van der Waals surface area (Å²) in [7, 11) is 1.36. The van der Waals surface area contributed by atoms with Crippen LogP contribution in [0.4, 0.5) is 5.69 Å². The van der Waals surface area contributed by atoms with E-state index in [1.165, 1.54) is 11.9 Å². The van der Waals surface area contributed by atoms with E-state index in [2.05, 4.69) is 0 Å². The molecule has 6 rings (SSSR count). The molecule has 4 amide bonds. The molecule has 2 aliphatic heterocycles. The Labute approximate surface area is 235 Å². The largest absolute Gasteiger partial charge is 0.491 e. The van der Waals surface area contributed by atoms with E-state index >= 15 is 0 Å². The maximum atomic E-state index is 13.9. The van der Waals surface area contributed by atoms with Gasteiger partial charge in [-0.15, -0.1) is 23.2 Å². The summed E-state index contributed by atoms with van der Waals surface area (Å²) in [5.41, 5.74) is 1.86. The van der Waals surface area contributed by atoms with Gasteiger partial charge in [-0.2, -0.15) is 0 Å². The number of hydrogen-bond donors (Lipinski definition) is 1. The molecule has 0 bridgehead atoms. The topological polar surface area (TPSA) is 104 Å². The Hall–Kier alpha value is -3.20. The lowest BCUT2D eigenvalue weighted by Crippen LogP contribution is -2.60. The summed E-state index contributed by atoms with van der Waals surface area (Å²) in [5, 5.41) is 9.07. The van der Waals surface area contributed by atoms with Gasteiger partial charge in [-0.05, 0) is 48.6 Å². The molecule has 0 unspecified atom stereocenters. The highest BCUT2D eigenvalue weighted by molar-refractivity contribution is 6.53. The number of carbonyl (C=O) groups is 4. The first-order chi connectivity index (χ1) is 18.6. The van der Waals surface area contributed by atoms with Crippen LogP contribution in [0.5, 0.6) is 5.75 Å². The molecular formula is C29H26Cl2N2O6. The summed E-state index contributed by atoms with van der Waals surface area (Å²) in [4.78, 5) is 53.0. The Morgan fingerprint density at radius 2 is 1.64 bits per heavy atom. The lowest BCUT2D eigenvalue weighted by Gasteiger charge is -2.50. The maximum absolute atomic E-state index is 13.9. The first-order valence-electron chi connectivity index (χ1n) is 12.8. The van der Waals surface area contributed by atoms with Crippen molar-refractivity contribution in [3.8, 4) is 5.75 Å². The molecule has 10 heteroatoms. The molecule has 1 saturated carbocycles. The number of alkyl halides is 2. The van der Waals surface area contributed by atoms with Crippen LogP contribution >= 0.6 is 23.2 Å². The van der Waals surface area contributed by atoms with Gasteiger partial charge in [0.1, 0.15) is 12.4 Å². The Balaban J connectivity index is 1.47. The lowest BCUT2D eigenvalue weighted by atomic mass is 9.56. The van der Waals surface area contributed by atoms with Crippen LogP contribution in [0.15, 0.2) is 66.2 Å². The third-order valence-corrected chi connectivity index (χ3v) is 10.0. The fourth-order valence-electron chi connectivity index (χ4n) is 6.87. The molecule has 0 spiro atoms. The number of anilines is 1. The lowest BCUT2D eigenvalue weighted by molar-refractivity contribution is -0.138. The van der Waals surface area contributed by atoms with Crippen LogP contribution < -0.4 is 9.64 Å². The first-order valence-corrected chi connectivity index (χ1v) is 13.6. The van der Waals surface area contributed by atoms with Gasteiger partial charge in [-0.3, -0.25) is 29.0 Å². The highest BCUT2D eigenvalue weighted by Crippen LogP contribution is 2.65. The number of aliphatic hydroxyl groups excluding tert-OH is 1. The molecule has 2 heterocycles. The monoisotopic (exact) mass is 568 g/mol. The van der Waals surface area contributed by atoms with Gasteiger partial charge in [0.2, 0.25) is 11.8 Å². The number of ether oxygens (including phenoxy) is 1. The fourth-order valence-corrected chi connectivity index (χ4v) is 7.89. The molecule has 39 heavy (non-hydrogen) atoms. The van der Waals surface area contributed by atoms with Gasteiger partial charge in [0.05, 0.1) is 24.1 Å². The number of imide groups is 2. The molecule has 2 aromatic carbocycles. The van der Waals surface area contributed by atoms with Gasteiger partial charge in [0.25, 0.3) is 11.8 Å². The highest BCUT2D eigenvalue weighted by atomic mass is 35.5. The Bertz CT molecular complexity index is 1410. The van der Waals surface area contributed by atoms with E-state index in [0.717, 1.165) is 10.5 Å². The standard InChI is InChI=1S/C29H26Cl2N2O6/c1-32-26(37)28(30)15-21-19(11-12-20-22(21)25(36)33(24(20)35)17-5-3-2-4-6-17)23(29(28,31)27(32)38)16-7-9-18(10-8-16)39-14-13-34/h2-11,20-23,34H,12-15H2,1H3/t20-,21+,22-,23-,28+,29-/m0/s1. The van der Waals surface area contributed by atoms with Gasteiger partial charge >= 0.3 is 0 Å². The molecule has 0 radical (unpaired) electrons. The van der Waals surface area contributed by atoms with Crippen molar-refractivity contribution in [2.75, 3.05) is 25.2 Å². The number of likely N-dealkylation sites (tertiary alicyclic amines) is 1. The summed E-state index contributed by atoms with van der Waals surface area (Å²) in [5.74, 6) is -4.07. The van der Waals surface area contributed by atoms with Crippen molar-refractivity contribution in [1.82, 2.24) is 4.90 Å². The Morgan fingerprint density at radius 3 is 2.31 bits per heavy atom. The van der Waals surface area contributed by atoms with Crippen molar-refractivity contribution >= 4 is 52.5 Å². The Kier molecular flexibility index (Phi) is 6.13. The molecule has 2 aromatic rings. The predicted octanol–water partition coefficient (Wildman–Crippen LogP) is 3.25. The van der Waals surface area contributed by atoms with Crippen LogP contribution in [0.1, 0.15) is 24.3 Å². The zero-order chi connectivity index (χ0) is 27.7. The minimum absolute atomic E-state index is 0.0458. The van der Waals surface area contributed by atoms with Crippen molar-refractivity contribution < 1.29 is 29.0 Å². The van der Waals surface area contributed by atoms with Gasteiger partial charge in [-0.1, -0.05) is 42.0 Å². The zero-order valence-electron chi connectivity index (χ0n) is 21.1. The zero-order valence-corrected chi connectivity index (χ0v) is 22.6. The molecule has 1 N–H and O–H groups in total. The van der Waals surface area contributed by atoms with Crippen molar-refractivity contribution in [2.45, 2.75) is 28.5 Å². The molecule has 8 nitrogen and oxygen atoms in total. The van der Waals surface area contributed by atoms with Crippen molar-refractivity contribution in [1.29, 1.82) is 0 Å². The second-order valence-electron chi connectivity index (χ2n) is 10.5. The molecule has 2 saturated heterocycles. The van der Waals surface area contributed by atoms with Crippen molar-refractivity contribution in [3.05, 3.63) is 71.8 Å². The molecule has 3 fully saturated rings. The van der Waals surface area contributed by atoms with E-state index in [0.29, 0.717) is 23.4 Å². The number of halogens is 2. The number of aliphatic hydroxyl groups is 1. The second kappa shape index (κ2) is 9.18. The predicted molar refractivity (Wildman–Crippen MR) is 143 cm³/mol. The van der Waals surface area contributed by atoms with E-state index < -0.39 is 45.2 Å². The quantitative estimate of drug-likeness (QED) is 0.337. The van der Waals surface area contributed by atoms with E-state index in [1.807, 2.05) is 12.1 Å². The van der Waals surface area contributed by atoms with Gasteiger partial charge in [0, 0.05) is 13.0 Å². The number of para-hydroxylation sites is 1. The fraction of sp³-hybridized carbons (Fsp3) is 0.379. The van der Waals surface area contributed by atoms with E-state index in [9.17, 15) is 19.2 Å². The molecular weight excluding hydrogens is 543 g/mol. The second-order valence-corrected chi connectivity index (χ2v) is 11.7. The summed E-state index contributed by atoms with van der Waals surface area (Å²) in [6.45, 7) is -0.0219. The molecule has 202 valence electrons. The number of hydrogen-bond acceptors (Lipinski definition) is 6. The van der Waals surface area contributed by atoms with Gasteiger partial charge in [0.15, 0.2) is 9.75 Å². The minimum atomic E-state index is -1.83. The van der Waals surface area contributed by atoms with Gasteiger partial charge in [-0.25, -0.2) is 0 Å². The van der Waals surface area contributed by atoms with Gasteiger partial charge < -0.3 is 9.84 Å². The van der Waals surface area contributed by atoms with Crippen LogP contribution in [-0.2, 0) is 19.2 Å². The average molecular weight is 569 g/mol. The Morgan fingerprint density at radius 1 is 0.949 bits per heavy atom. The van der Waals surface area contributed by atoms with E-state index in [1.54, 1.807) is 48.5 Å². The molecule has 4 aliphatic rings. The molecule has 0 aromatic heterocycles.